The van der Waals surface area contributed by atoms with E-state index in [0.29, 0.717) is 6.04 Å². The van der Waals surface area contributed by atoms with E-state index in [0.717, 1.165) is 17.9 Å². The van der Waals surface area contributed by atoms with Crippen LogP contribution in [0.25, 0.3) is 11.0 Å². The average Bonchev–Trinajstić information content (AvgIpc) is 3.15. The molecule has 4 nitrogen and oxygen atoms in total. The van der Waals surface area contributed by atoms with Crippen LogP contribution in [0.3, 0.4) is 0 Å². The number of aromatic nitrogens is 4. The molecule has 0 aliphatic heterocycles. The van der Waals surface area contributed by atoms with Gasteiger partial charge in [-0.15, -0.1) is 0 Å². The summed E-state index contributed by atoms with van der Waals surface area (Å²) in [4.78, 5) is 8.89. The molecule has 4 rings (SSSR count). The highest BCUT2D eigenvalue weighted by Gasteiger charge is 2.19. The summed E-state index contributed by atoms with van der Waals surface area (Å²) >= 11 is 0. The van der Waals surface area contributed by atoms with Gasteiger partial charge in [0.25, 0.3) is 0 Å². The molecular weight excluding hydrogens is 272 g/mol. The van der Waals surface area contributed by atoms with E-state index in [1.807, 2.05) is 18.7 Å². The van der Waals surface area contributed by atoms with Crippen LogP contribution >= 0.6 is 0 Å². The van der Waals surface area contributed by atoms with Crippen molar-refractivity contribution in [2.75, 3.05) is 0 Å². The Balaban J connectivity index is 1.73. The van der Waals surface area contributed by atoms with Crippen molar-refractivity contribution in [3.8, 4) is 0 Å². The van der Waals surface area contributed by atoms with Crippen LogP contribution in [0, 0.1) is 6.92 Å². The molecule has 1 aliphatic rings. The maximum atomic E-state index is 4.77. The van der Waals surface area contributed by atoms with E-state index in [4.69, 9.17) is 4.98 Å². The Hall–Kier alpha value is -2.10. The van der Waals surface area contributed by atoms with E-state index in [9.17, 15) is 0 Å². The second-order valence-corrected chi connectivity index (χ2v) is 6.38. The van der Waals surface area contributed by atoms with E-state index in [2.05, 4.69) is 39.2 Å². The van der Waals surface area contributed by atoms with E-state index in [1.165, 1.54) is 43.2 Å². The molecule has 0 radical (unpaired) electrons. The summed E-state index contributed by atoms with van der Waals surface area (Å²) < 4.78 is 4.58. The Bertz CT molecular complexity index is 764. The number of benzene rings is 1. The molecule has 1 aliphatic carbocycles. The summed E-state index contributed by atoms with van der Waals surface area (Å²) in [7, 11) is 0. The predicted molar refractivity (Wildman–Crippen MR) is 87.9 cm³/mol. The Morgan fingerprint density at radius 1 is 1.18 bits per heavy atom. The molecule has 114 valence electrons. The van der Waals surface area contributed by atoms with Crippen LogP contribution in [0.2, 0.25) is 0 Å². The van der Waals surface area contributed by atoms with Crippen LogP contribution in [-0.2, 0) is 6.54 Å². The van der Waals surface area contributed by atoms with Gasteiger partial charge in [-0.1, -0.05) is 25.3 Å². The van der Waals surface area contributed by atoms with Gasteiger partial charge in [-0.25, -0.2) is 9.97 Å². The van der Waals surface area contributed by atoms with Crippen LogP contribution in [0.4, 0.5) is 0 Å². The van der Waals surface area contributed by atoms with Gasteiger partial charge in [0.15, 0.2) is 0 Å². The lowest BCUT2D eigenvalue weighted by Gasteiger charge is -2.25. The minimum atomic E-state index is 0.627. The highest BCUT2D eigenvalue weighted by molar-refractivity contribution is 5.77. The van der Waals surface area contributed by atoms with Crippen molar-refractivity contribution in [1.29, 1.82) is 0 Å². The summed E-state index contributed by atoms with van der Waals surface area (Å²) in [6.07, 6.45) is 12.4. The molecule has 0 N–H and O–H groups in total. The first kappa shape index (κ1) is 13.6. The van der Waals surface area contributed by atoms with Crippen LogP contribution < -0.4 is 0 Å². The number of rotatable bonds is 3. The van der Waals surface area contributed by atoms with Gasteiger partial charge >= 0.3 is 0 Å². The smallest absolute Gasteiger partial charge is 0.106 e. The number of hydrogen-bond acceptors (Lipinski definition) is 2. The fraction of sp³-hybridized carbons (Fsp3) is 0.444. The summed E-state index contributed by atoms with van der Waals surface area (Å²) in [6.45, 7) is 3.01. The fourth-order valence-corrected chi connectivity index (χ4v) is 3.75. The fourth-order valence-electron chi connectivity index (χ4n) is 3.75. The van der Waals surface area contributed by atoms with Gasteiger partial charge in [-0.05, 0) is 37.5 Å². The summed E-state index contributed by atoms with van der Waals surface area (Å²) in [5.74, 6) is 1.15. The lowest BCUT2D eigenvalue weighted by molar-refractivity contribution is 0.355. The Morgan fingerprint density at radius 2 is 2.05 bits per heavy atom. The van der Waals surface area contributed by atoms with Crippen molar-refractivity contribution in [3.05, 3.63) is 48.3 Å². The van der Waals surface area contributed by atoms with Crippen LogP contribution in [0.5, 0.6) is 0 Å². The normalized spacial score (nSPS) is 16.4. The number of hydrogen-bond donors (Lipinski definition) is 0. The van der Waals surface area contributed by atoms with Crippen molar-refractivity contribution in [1.82, 2.24) is 19.1 Å². The molecule has 4 heteroatoms. The lowest BCUT2D eigenvalue weighted by atomic mass is 9.95. The molecular formula is C18H22N4. The quantitative estimate of drug-likeness (QED) is 0.729. The molecule has 1 saturated carbocycles. The Labute approximate surface area is 130 Å². The average molecular weight is 294 g/mol. The van der Waals surface area contributed by atoms with Crippen molar-refractivity contribution in [2.45, 2.75) is 51.6 Å². The Morgan fingerprint density at radius 3 is 2.82 bits per heavy atom. The first-order chi connectivity index (χ1) is 10.8. The number of imidazole rings is 2. The second-order valence-electron chi connectivity index (χ2n) is 6.38. The summed E-state index contributed by atoms with van der Waals surface area (Å²) in [5.41, 5.74) is 3.72. The molecule has 2 aromatic heterocycles. The molecule has 3 aromatic rings. The van der Waals surface area contributed by atoms with Gasteiger partial charge in [0.2, 0.25) is 0 Å². The van der Waals surface area contributed by atoms with Gasteiger partial charge in [-0.2, -0.15) is 0 Å². The zero-order chi connectivity index (χ0) is 14.9. The minimum absolute atomic E-state index is 0.627. The first-order valence-electron chi connectivity index (χ1n) is 8.24. The molecule has 2 heterocycles. The molecule has 0 amide bonds. The molecule has 0 unspecified atom stereocenters. The van der Waals surface area contributed by atoms with Crippen LogP contribution in [0.1, 0.15) is 49.5 Å². The number of nitrogens with zero attached hydrogens (tertiary/aromatic N) is 4. The standard InChI is InChI=1S/C18H22N4/c1-14-20-17-8-7-15(12-21-10-9-19-13-21)11-18(17)22(14)16-5-3-2-4-6-16/h7-11,13,16H,2-6,12H2,1H3. The largest absolute Gasteiger partial charge is 0.333 e. The highest BCUT2D eigenvalue weighted by Crippen LogP contribution is 2.32. The van der Waals surface area contributed by atoms with Crippen LogP contribution in [0.15, 0.2) is 36.9 Å². The summed E-state index contributed by atoms with van der Waals surface area (Å²) in [5, 5.41) is 0. The van der Waals surface area contributed by atoms with Gasteiger partial charge in [0, 0.05) is 25.0 Å². The third kappa shape index (κ3) is 2.43. The number of aryl methyl sites for hydroxylation is 1. The molecule has 0 atom stereocenters. The van der Waals surface area contributed by atoms with Crippen molar-refractivity contribution < 1.29 is 0 Å². The molecule has 1 fully saturated rings. The molecule has 0 bridgehead atoms. The Kier molecular flexibility index (Phi) is 3.45. The molecule has 1 aromatic carbocycles. The van der Waals surface area contributed by atoms with E-state index < -0.39 is 0 Å². The SMILES string of the molecule is Cc1nc2ccc(Cn3ccnc3)cc2n1C1CCCCC1. The monoisotopic (exact) mass is 294 g/mol. The van der Waals surface area contributed by atoms with Crippen molar-refractivity contribution >= 4 is 11.0 Å². The maximum Gasteiger partial charge on any atom is 0.106 e. The van der Waals surface area contributed by atoms with Crippen molar-refractivity contribution in [3.63, 3.8) is 0 Å². The third-order valence-electron chi connectivity index (χ3n) is 4.79. The topological polar surface area (TPSA) is 35.6 Å². The molecule has 22 heavy (non-hydrogen) atoms. The molecule has 0 spiro atoms. The zero-order valence-corrected chi connectivity index (χ0v) is 13.1. The second kappa shape index (κ2) is 5.59. The van der Waals surface area contributed by atoms with E-state index in [-0.39, 0.29) is 0 Å². The van der Waals surface area contributed by atoms with Gasteiger partial charge in [0.1, 0.15) is 5.82 Å². The van der Waals surface area contributed by atoms with E-state index >= 15 is 0 Å². The lowest BCUT2D eigenvalue weighted by Crippen LogP contribution is -2.14. The van der Waals surface area contributed by atoms with Gasteiger partial charge in [-0.3, -0.25) is 0 Å². The maximum absolute atomic E-state index is 4.77. The van der Waals surface area contributed by atoms with Crippen LogP contribution in [-0.4, -0.2) is 19.1 Å². The first-order valence-corrected chi connectivity index (χ1v) is 8.24. The van der Waals surface area contributed by atoms with Crippen molar-refractivity contribution in [2.24, 2.45) is 0 Å². The number of fused-ring (bicyclic) bond motifs is 1. The van der Waals surface area contributed by atoms with Gasteiger partial charge < -0.3 is 9.13 Å². The highest BCUT2D eigenvalue weighted by atomic mass is 15.1. The third-order valence-corrected chi connectivity index (χ3v) is 4.79. The minimum Gasteiger partial charge on any atom is -0.333 e. The molecule has 0 saturated heterocycles. The summed E-state index contributed by atoms with van der Waals surface area (Å²) in [6, 6.07) is 7.28. The zero-order valence-electron chi connectivity index (χ0n) is 13.1. The van der Waals surface area contributed by atoms with Gasteiger partial charge in [0.05, 0.1) is 17.4 Å². The predicted octanol–water partition coefficient (Wildman–Crippen LogP) is 4.09. The van der Waals surface area contributed by atoms with E-state index in [1.54, 1.807) is 0 Å².